The third kappa shape index (κ3) is 3.81. The van der Waals surface area contributed by atoms with Crippen LogP contribution in [-0.4, -0.2) is 33.1 Å². The molecule has 0 spiro atoms. The van der Waals surface area contributed by atoms with Crippen LogP contribution < -0.4 is 9.75 Å². The highest BCUT2D eigenvalue weighted by Gasteiger charge is 2.29. The number of thioether (sulfide) groups is 1. The van der Waals surface area contributed by atoms with Gasteiger partial charge >= 0.3 is 0 Å². The minimum Gasteiger partial charge on any atom is -0.485 e. The lowest BCUT2D eigenvalue weighted by Crippen LogP contribution is -2.45. The second-order valence-corrected chi connectivity index (χ2v) is 7.39. The van der Waals surface area contributed by atoms with E-state index < -0.39 is 17.5 Å². The first-order chi connectivity index (χ1) is 13.5. The molecule has 1 aromatic heterocycles. The minimum absolute atomic E-state index is 0.0369. The summed E-state index contributed by atoms with van der Waals surface area (Å²) in [5.41, 5.74) is -0.0919. The Labute approximate surface area is 168 Å². The normalized spacial score (nSPS) is 13.3. The number of fused-ring (bicyclic) bond motifs is 1. The van der Waals surface area contributed by atoms with Crippen LogP contribution in [0.1, 0.15) is 16.2 Å². The SMILES string of the molecule is O=C(c1cc(F)cc(F)c1)N1CCSc2nnc(COc3cccc(Cl)c3)n21. The van der Waals surface area contributed by atoms with E-state index in [9.17, 15) is 13.6 Å². The average molecular weight is 423 g/mol. The largest absolute Gasteiger partial charge is 0.485 e. The Morgan fingerprint density at radius 2 is 1.96 bits per heavy atom. The molecule has 28 heavy (non-hydrogen) atoms. The van der Waals surface area contributed by atoms with Gasteiger partial charge in [-0.3, -0.25) is 4.79 Å². The highest BCUT2D eigenvalue weighted by molar-refractivity contribution is 7.99. The summed E-state index contributed by atoms with van der Waals surface area (Å²) in [5.74, 6) is -0.683. The number of aromatic nitrogens is 3. The van der Waals surface area contributed by atoms with Crippen LogP contribution in [0, 0.1) is 11.6 Å². The molecule has 1 amide bonds. The van der Waals surface area contributed by atoms with Crippen molar-refractivity contribution in [2.45, 2.75) is 11.8 Å². The van der Waals surface area contributed by atoms with Gasteiger partial charge in [0.2, 0.25) is 5.16 Å². The molecule has 0 aliphatic carbocycles. The summed E-state index contributed by atoms with van der Waals surface area (Å²) in [4.78, 5) is 12.9. The fourth-order valence-electron chi connectivity index (χ4n) is 2.77. The van der Waals surface area contributed by atoms with E-state index in [2.05, 4.69) is 10.2 Å². The molecule has 0 saturated heterocycles. The molecule has 1 aliphatic heterocycles. The van der Waals surface area contributed by atoms with Crippen molar-refractivity contribution in [1.82, 2.24) is 14.9 Å². The maximum Gasteiger partial charge on any atom is 0.273 e. The van der Waals surface area contributed by atoms with Crippen LogP contribution in [0.15, 0.2) is 47.6 Å². The molecule has 2 aromatic carbocycles. The fraction of sp³-hybridized carbons (Fsp3) is 0.167. The Balaban J connectivity index is 1.61. The molecular weight excluding hydrogens is 410 g/mol. The number of carbonyl (C=O) groups excluding carboxylic acids is 1. The Kier molecular flexibility index (Phi) is 5.19. The smallest absolute Gasteiger partial charge is 0.273 e. The summed E-state index contributed by atoms with van der Waals surface area (Å²) in [6.07, 6.45) is 0. The Morgan fingerprint density at radius 3 is 2.71 bits per heavy atom. The van der Waals surface area contributed by atoms with Gasteiger partial charge in [-0.2, -0.15) is 0 Å². The lowest BCUT2D eigenvalue weighted by molar-refractivity contribution is 0.0952. The molecule has 0 saturated carbocycles. The maximum absolute atomic E-state index is 13.5. The van der Waals surface area contributed by atoms with Crippen LogP contribution in [0.5, 0.6) is 5.75 Å². The Morgan fingerprint density at radius 1 is 1.18 bits per heavy atom. The zero-order chi connectivity index (χ0) is 19.7. The van der Waals surface area contributed by atoms with Crippen molar-refractivity contribution in [3.8, 4) is 5.75 Å². The second-order valence-electron chi connectivity index (χ2n) is 5.89. The van der Waals surface area contributed by atoms with Gasteiger partial charge in [-0.05, 0) is 30.3 Å². The van der Waals surface area contributed by atoms with Crippen LogP contribution in [0.25, 0.3) is 0 Å². The summed E-state index contributed by atoms with van der Waals surface area (Å²) in [6.45, 7) is 0.367. The highest BCUT2D eigenvalue weighted by Crippen LogP contribution is 2.25. The van der Waals surface area contributed by atoms with Gasteiger partial charge in [0, 0.05) is 22.4 Å². The number of carbonyl (C=O) groups is 1. The summed E-state index contributed by atoms with van der Waals surface area (Å²) in [5, 5.41) is 10.6. The minimum atomic E-state index is -0.816. The van der Waals surface area contributed by atoms with Crippen molar-refractivity contribution in [3.63, 3.8) is 0 Å². The van der Waals surface area contributed by atoms with Gasteiger partial charge in [-0.15, -0.1) is 10.2 Å². The summed E-state index contributed by atoms with van der Waals surface area (Å²) < 4.78 is 34.3. The zero-order valence-corrected chi connectivity index (χ0v) is 15.9. The number of amides is 1. The molecule has 6 nitrogen and oxygen atoms in total. The third-order valence-corrected chi connectivity index (χ3v) is 5.09. The van der Waals surface area contributed by atoms with E-state index in [-0.39, 0.29) is 12.2 Å². The van der Waals surface area contributed by atoms with Crippen LogP contribution in [0.4, 0.5) is 8.78 Å². The van der Waals surface area contributed by atoms with Crippen LogP contribution in [0.2, 0.25) is 5.02 Å². The Bertz CT molecular complexity index is 1030. The lowest BCUT2D eigenvalue weighted by Gasteiger charge is -2.29. The predicted octanol–water partition coefficient (Wildman–Crippen LogP) is 3.67. The maximum atomic E-state index is 13.5. The molecule has 0 fully saturated rings. The molecule has 4 rings (SSSR count). The lowest BCUT2D eigenvalue weighted by atomic mass is 10.2. The molecule has 144 valence electrons. The van der Waals surface area contributed by atoms with Gasteiger partial charge in [0.25, 0.3) is 5.91 Å². The first-order valence-corrected chi connectivity index (χ1v) is 9.61. The molecule has 1 aliphatic rings. The monoisotopic (exact) mass is 422 g/mol. The van der Waals surface area contributed by atoms with Gasteiger partial charge < -0.3 is 4.74 Å². The Hall–Kier alpha value is -2.65. The summed E-state index contributed by atoms with van der Waals surface area (Å²) in [7, 11) is 0. The molecule has 10 heteroatoms. The number of benzene rings is 2. The summed E-state index contributed by atoms with van der Waals surface area (Å²) >= 11 is 7.38. The standard InChI is InChI=1S/C18H13ClF2N4O2S/c19-12-2-1-3-15(8-12)27-10-16-22-23-18-25(16)24(4-5-28-18)17(26)11-6-13(20)9-14(21)7-11/h1-3,6-9H,4-5,10H2. The van der Waals surface area contributed by atoms with Gasteiger partial charge in [0.05, 0.1) is 6.54 Å². The number of rotatable bonds is 4. The van der Waals surface area contributed by atoms with Gasteiger partial charge in [-0.25, -0.2) is 18.5 Å². The summed E-state index contributed by atoms with van der Waals surface area (Å²) in [6, 6.07) is 9.59. The molecular formula is C18H13ClF2N4O2S. The van der Waals surface area contributed by atoms with Crippen LogP contribution in [0.3, 0.4) is 0 Å². The first-order valence-electron chi connectivity index (χ1n) is 8.25. The molecule has 0 atom stereocenters. The average Bonchev–Trinajstić information content (AvgIpc) is 3.08. The fourth-order valence-corrected chi connectivity index (χ4v) is 3.82. The van der Waals surface area contributed by atoms with E-state index in [0.29, 0.717) is 34.1 Å². The molecule has 2 heterocycles. The molecule has 0 radical (unpaired) electrons. The van der Waals surface area contributed by atoms with Crippen LogP contribution >= 0.6 is 23.4 Å². The van der Waals surface area contributed by atoms with Crippen LogP contribution in [-0.2, 0) is 6.61 Å². The van der Waals surface area contributed by atoms with Gasteiger partial charge in [0.15, 0.2) is 5.82 Å². The van der Waals surface area contributed by atoms with Crippen molar-refractivity contribution in [2.75, 3.05) is 17.3 Å². The molecule has 0 N–H and O–H groups in total. The molecule has 0 bridgehead atoms. The van der Waals surface area contributed by atoms with Crippen molar-refractivity contribution < 1.29 is 18.3 Å². The van der Waals surface area contributed by atoms with E-state index in [1.165, 1.54) is 21.4 Å². The zero-order valence-electron chi connectivity index (χ0n) is 14.3. The van der Waals surface area contributed by atoms with E-state index in [1.807, 2.05) is 0 Å². The van der Waals surface area contributed by atoms with E-state index in [4.69, 9.17) is 16.3 Å². The third-order valence-electron chi connectivity index (χ3n) is 3.96. The number of halogens is 3. The molecule has 0 unspecified atom stereocenters. The molecule has 3 aromatic rings. The predicted molar refractivity (Wildman–Crippen MR) is 100 cm³/mol. The van der Waals surface area contributed by atoms with Crippen molar-refractivity contribution in [2.24, 2.45) is 0 Å². The number of ether oxygens (including phenoxy) is 1. The quantitative estimate of drug-likeness (QED) is 0.642. The highest BCUT2D eigenvalue weighted by atomic mass is 35.5. The van der Waals surface area contributed by atoms with Gasteiger partial charge in [-0.1, -0.05) is 29.4 Å². The first kappa shape index (κ1) is 18.7. The number of hydrogen-bond donors (Lipinski definition) is 0. The second kappa shape index (κ2) is 7.76. The number of hydrogen-bond acceptors (Lipinski definition) is 5. The van der Waals surface area contributed by atoms with E-state index in [0.717, 1.165) is 18.2 Å². The number of nitrogens with zero attached hydrogens (tertiary/aromatic N) is 4. The van der Waals surface area contributed by atoms with E-state index in [1.54, 1.807) is 24.3 Å². The van der Waals surface area contributed by atoms with E-state index >= 15 is 0 Å². The van der Waals surface area contributed by atoms with Crippen molar-refractivity contribution in [3.05, 3.63) is 70.5 Å². The van der Waals surface area contributed by atoms with Crippen molar-refractivity contribution >= 4 is 29.3 Å². The van der Waals surface area contributed by atoms with Crippen molar-refractivity contribution in [1.29, 1.82) is 0 Å². The van der Waals surface area contributed by atoms with Gasteiger partial charge in [0.1, 0.15) is 24.0 Å². The topological polar surface area (TPSA) is 60.3 Å².